The van der Waals surface area contributed by atoms with E-state index in [0.717, 1.165) is 12.1 Å². The van der Waals surface area contributed by atoms with Crippen LogP contribution in [0.3, 0.4) is 0 Å². The van der Waals surface area contributed by atoms with Crippen LogP contribution in [0.4, 0.5) is 10.2 Å². The number of amides is 1. The van der Waals surface area contributed by atoms with Crippen LogP contribution < -0.4 is 5.32 Å². The highest BCUT2D eigenvalue weighted by molar-refractivity contribution is 5.95. The number of hydrogen-bond acceptors (Lipinski definition) is 4. The van der Waals surface area contributed by atoms with Gasteiger partial charge in [-0.25, -0.2) is 13.9 Å². The number of halogens is 1. The summed E-state index contributed by atoms with van der Waals surface area (Å²) >= 11 is 0. The topological polar surface area (TPSA) is 73.2 Å². The highest BCUT2D eigenvalue weighted by Gasteiger charge is 2.13. The Balaban J connectivity index is 1.88. The Morgan fingerprint density at radius 1 is 1.27 bits per heavy atom. The number of benzene rings is 1. The Bertz CT molecular complexity index is 665. The molecule has 2 rings (SSSR count). The molecule has 1 amide bonds. The maximum atomic E-state index is 12.8. The fourth-order valence-corrected chi connectivity index (χ4v) is 1.80. The maximum Gasteiger partial charge on any atom is 0.338 e. The third-order valence-corrected chi connectivity index (χ3v) is 2.84. The molecule has 1 aromatic carbocycles. The van der Waals surface area contributed by atoms with Crippen molar-refractivity contribution in [2.75, 3.05) is 11.9 Å². The lowest BCUT2D eigenvalue weighted by Gasteiger charge is -2.11. The van der Waals surface area contributed by atoms with Gasteiger partial charge in [-0.05, 0) is 38.1 Å². The van der Waals surface area contributed by atoms with E-state index in [4.69, 9.17) is 4.74 Å². The van der Waals surface area contributed by atoms with Crippen molar-refractivity contribution < 1.29 is 18.7 Å². The summed E-state index contributed by atoms with van der Waals surface area (Å²) in [6.07, 6.45) is 1.57. The molecule has 1 N–H and O–H groups in total. The molecule has 0 aliphatic heterocycles. The molecule has 22 heavy (non-hydrogen) atoms. The molecule has 0 aliphatic carbocycles. The second-order valence-electron chi connectivity index (χ2n) is 4.89. The first-order valence-corrected chi connectivity index (χ1v) is 6.73. The standard InChI is InChI=1S/C15H16FN3O3/c1-10(2)19-13(7-8-17-19)18-14(20)9-22-15(21)11-3-5-12(16)6-4-11/h3-8,10H,9H2,1-2H3,(H,18,20). The molecule has 7 heteroatoms. The first kappa shape index (κ1) is 15.7. The number of hydrogen-bond donors (Lipinski definition) is 1. The minimum Gasteiger partial charge on any atom is -0.452 e. The van der Waals surface area contributed by atoms with E-state index in [-0.39, 0.29) is 11.6 Å². The number of nitrogens with zero attached hydrogens (tertiary/aromatic N) is 2. The maximum absolute atomic E-state index is 12.8. The van der Waals surface area contributed by atoms with Gasteiger partial charge in [-0.3, -0.25) is 4.79 Å². The Morgan fingerprint density at radius 2 is 1.95 bits per heavy atom. The summed E-state index contributed by atoms with van der Waals surface area (Å²) in [5.41, 5.74) is 0.182. The van der Waals surface area contributed by atoms with E-state index in [1.165, 1.54) is 12.1 Å². The van der Waals surface area contributed by atoms with E-state index in [0.29, 0.717) is 5.82 Å². The van der Waals surface area contributed by atoms with Crippen molar-refractivity contribution >= 4 is 17.7 Å². The first-order chi connectivity index (χ1) is 10.5. The molecule has 2 aromatic rings. The average Bonchev–Trinajstić information content (AvgIpc) is 2.94. The van der Waals surface area contributed by atoms with E-state index in [9.17, 15) is 14.0 Å². The van der Waals surface area contributed by atoms with Crippen LogP contribution in [0.1, 0.15) is 30.2 Å². The smallest absolute Gasteiger partial charge is 0.338 e. The quantitative estimate of drug-likeness (QED) is 0.861. The van der Waals surface area contributed by atoms with Gasteiger partial charge in [0.15, 0.2) is 6.61 Å². The minimum absolute atomic E-state index is 0.0899. The molecule has 0 spiro atoms. The van der Waals surface area contributed by atoms with Crippen molar-refractivity contribution in [2.45, 2.75) is 19.9 Å². The summed E-state index contributed by atoms with van der Waals surface area (Å²) in [5.74, 6) is -1.08. The largest absolute Gasteiger partial charge is 0.452 e. The molecule has 0 unspecified atom stereocenters. The van der Waals surface area contributed by atoms with Crippen LogP contribution in [-0.4, -0.2) is 28.3 Å². The van der Waals surface area contributed by atoms with Crippen molar-refractivity contribution in [2.24, 2.45) is 0 Å². The van der Waals surface area contributed by atoms with Gasteiger partial charge in [0, 0.05) is 12.1 Å². The third kappa shape index (κ3) is 3.91. The van der Waals surface area contributed by atoms with E-state index in [2.05, 4.69) is 10.4 Å². The van der Waals surface area contributed by atoms with Crippen molar-refractivity contribution in [3.8, 4) is 0 Å². The molecule has 1 aromatic heterocycles. The lowest BCUT2D eigenvalue weighted by Crippen LogP contribution is -2.23. The van der Waals surface area contributed by atoms with E-state index in [1.807, 2.05) is 13.8 Å². The van der Waals surface area contributed by atoms with Gasteiger partial charge < -0.3 is 10.1 Å². The van der Waals surface area contributed by atoms with E-state index in [1.54, 1.807) is 16.9 Å². The van der Waals surface area contributed by atoms with Crippen LogP contribution in [0.2, 0.25) is 0 Å². The zero-order valence-corrected chi connectivity index (χ0v) is 12.2. The third-order valence-electron chi connectivity index (χ3n) is 2.84. The molecule has 116 valence electrons. The molecular weight excluding hydrogens is 289 g/mol. The van der Waals surface area contributed by atoms with Gasteiger partial charge in [-0.1, -0.05) is 0 Å². The predicted molar refractivity (Wildman–Crippen MR) is 77.9 cm³/mol. The van der Waals surface area contributed by atoms with Gasteiger partial charge in [-0.15, -0.1) is 0 Å². The van der Waals surface area contributed by atoms with Crippen molar-refractivity contribution in [1.82, 2.24) is 9.78 Å². The van der Waals surface area contributed by atoms with Gasteiger partial charge in [0.1, 0.15) is 11.6 Å². The number of ether oxygens (including phenoxy) is 1. The summed E-state index contributed by atoms with van der Waals surface area (Å²) in [7, 11) is 0. The van der Waals surface area contributed by atoms with Gasteiger partial charge in [-0.2, -0.15) is 5.10 Å². The molecule has 1 heterocycles. The van der Waals surface area contributed by atoms with Crippen LogP contribution >= 0.6 is 0 Å². The molecule has 0 bridgehead atoms. The number of carbonyl (C=O) groups is 2. The zero-order chi connectivity index (χ0) is 16.1. The van der Waals surface area contributed by atoms with Crippen LogP contribution in [0.15, 0.2) is 36.5 Å². The predicted octanol–water partition coefficient (Wildman–Crippen LogP) is 2.40. The lowest BCUT2D eigenvalue weighted by atomic mass is 10.2. The molecule has 0 fully saturated rings. The number of nitrogens with one attached hydrogen (secondary N) is 1. The summed E-state index contributed by atoms with van der Waals surface area (Å²) in [4.78, 5) is 23.5. The van der Waals surface area contributed by atoms with Crippen molar-refractivity contribution in [3.63, 3.8) is 0 Å². The van der Waals surface area contributed by atoms with Gasteiger partial charge in [0.05, 0.1) is 11.8 Å². The molecule has 0 atom stereocenters. The molecule has 0 radical (unpaired) electrons. The number of anilines is 1. The highest BCUT2D eigenvalue weighted by atomic mass is 19.1. The summed E-state index contributed by atoms with van der Waals surface area (Å²) in [5, 5.41) is 6.69. The normalized spacial score (nSPS) is 10.5. The Labute approximate surface area is 126 Å². The van der Waals surface area contributed by atoms with Gasteiger partial charge >= 0.3 is 5.97 Å². The summed E-state index contributed by atoms with van der Waals surface area (Å²) < 4.78 is 19.3. The van der Waals surface area contributed by atoms with Crippen LogP contribution in [0, 0.1) is 5.82 Å². The second-order valence-corrected chi connectivity index (χ2v) is 4.89. The van der Waals surface area contributed by atoms with Crippen LogP contribution in [0.5, 0.6) is 0 Å². The number of aromatic nitrogens is 2. The van der Waals surface area contributed by atoms with E-state index < -0.39 is 24.3 Å². The second kappa shape index (κ2) is 6.84. The van der Waals surface area contributed by atoms with Crippen molar-refractivity contribution in [1.29, 1.82) is 0 Å². The fourth-order valence-electron chi connectivity index (χ4n) is 1.80. The molecule has 0 aliphatic rings. The Morgan fingerprint density at radius 3 is 2.59 bits per heavy atom. The van der Waals surface area contributed by atoms with E-state index >= 15 is 0 Å². The Kier molecular flexibility index (Phi) is 4.88. The number of esters is 1. The summed E-state index contributed by atoms with van der Waals surface area (Å²) in [6, 6.07) is 6.63. The Hall–Kier alpha value is -2.70. The molecule has 0 saturated heterocycles. The molecular formula is C15H16FN3O3. The number of rotatable bonds is 5. The average molecular weight is 305 g/mol. The SMILES string of the molecule is CC(C)n1nccc1NC(=O)COC(=O)c1ccc(F)cc1. The molecule has 0 saturated carbocycles. The minimum atomic E-state index is -0.687. The fraction of sp³-hybridized carbons (Fsp3) is 0.267. The summed E-state index contributed by atoms with van der Waals surface area (Å²) in [6.45, 7) is 3.42. The highest BCUT2D eigenvalue weighted by Crippen LogP contribution is 2.12. The monoisotopic (exact) mass is 305 g/mol. The number of carbonyl (C=O) groups excluding carboxylic acids is 2. The molecule has 6 nitrogen and oxygen atoms in total. The van der Waals surface area contributed by atoms with Crippen molar-refractivity contribution in [3.05, 3.63) is 47.9 Å². The van der Waals surface area contributed by atoms with Crippen LogP contribution in [-0.2, 0) is 9.53 Å². The lowest BCUT2D eigenvalue weighted by molar-refractivity contribution is -0.119. The first-order valence-electron chi connectivity index (χ1n) is 6.73. The van der Waals surface area contributed by atoms with Gasteiger partial charge in [0.25, 0.3) is 5.91 Å². The van der Waals surface area contributed by atoms with Crippen LogP contribution in [0.25, 0.3) is 0 Å². The zero-order valence-electron chi connectivity index (χ0n) is 12.2. The van der Waals surface area contributed by atoms with Gasteiger partial charge in [0.2, 0.25) is 0 Å².